The Hall–Kier alpha value is -1.08. The first-order valence-corrected chi connectivity index (χ1v) is 3.66. The summed E-state index contributed by atoms with van der Waals surface area (Å²) in [4.78, 5) is 0. The quantitative estimate of drug-likeness (QED) is 0.649. The van der Waals surface area contributed by atoms with Gasteiger partial charge in [0.05, 0.1) is 6.61 Å². The van der Waals surface area contributed by atoms with Gasteiger partial charge in [-0.15, -0.1) is 6.58 Å². The molecule has 0 aliphatic carbocycles. The fourth-order valence-electron chi connectivity index (χ4n) is 1.02. The fraction of sp³-hybridized carbons (Fsp3) is 0.200. The topological polar surface area (TPSA) is 20.2 Å². The van der Waals surface area contributed by atoms with Crippen LogP contribution in [-0.2, 0) is 13.0 Å². The van der Waals surface area contributed by atoms with Crippen LogP contribution in [0.3, 0.4) is 0 Å². The van der Waals surface area contributed by atoms with E-state index in [1.54, 1.807) is 0 Å². The summed E-state index contributed by atoms with van der Waals surface area (Å²) in [5.41, 5.74) is 2.16. The van der Waals surface area contributed by atoms with Crippen LogP contribution in [0.4, 0.5) is 0 Å². The second-order valence-corrected chi connectivity index (χ2v) is 2.47. The Morgan fingerprint density at radius 3 is 2.73 bits per heavy atom. The monoisotopic (exact) mass is 148 g/mol. The average Bonchev–Trinajstić information content (AvgIpc) is 2.06. The molecule has 1 aromatic carbocycles. The lowest BCUT2D eigenvalue weighted by Gasteiger charge is -1.98. The maximum absolute atomic E-state index is 8.80. The van der Waals surface area contributed by atoms with Crippen molar-refractivity contribution in [1.29, 1.82) is 0 Å². The first-order valence-electron chi connectivity index (χ1n) is 3.66. The molecule has 0 radical (unpaired) electrons. The molecule has 0 aliphatic heterocycles. The fourth-order valence-corrected chi connectivity index (χ4v) is 1.02. The van der Waals surface area contributed by atoms with Crippen LogP contribution in [0.25, 0.3) is 0 Å². The molecule has 0 aromatic heterocycles. The van der Waals surface area contributed by atoms with Gasteiger partial charge in [-0.25, -0.2) is 0 Å². The third-order valence-corrected chi connectivity index (χ3v) is 1.55. The highest BCUT2D eigenvalue weighted by Gasteiger charge is 1.91. The Kier molecular flexibility index (Phi) is 2.87. The van der Waals surface area contributed by atoms with Crippen LogP contribution >= 0.6 is 0 Å². The van der Waals surface area contributed by atoms with Crippen molar-refractivity contribution in [2.24, 2.45) is 0 Å². The van der Waals surface area contributed by atoms with E-state index < -0.39 is 0 Å². The summed E-state index contributed by atoms with van der Waals surface area (Å²) in [6, 6.07) is 7.87. The van der Waals surface area contributed by atoms with Crippen molar-refractivity contribution < 1.29 is 5.11 Å². The largest absolute Gasteiger partial charge is 0.392 e. The lowest BCUT2D eigenvalue weighted by molar-refractivity contribution is 0.282. The highest BCUT2D eigenvalue weighted by molar-refractivity contribution is 5.24. The molecular formula is C10H12O. The van der Waals surface area contributed by atoms with Crippen molar-refractivity contribution in [2.45, 2.75) is 13.0 Å². The standard InChI is InChI=1S/C10H12O/c1-2-4-9-5-3-6-10(7-9)8-11/h2-3,5-7,11H,1,4,8H2. The lowest BCUT2D eigenvalue weighted by atomic mass is 10.1. The van der Waals surface area contributed by atoms with Crippen molar-refractivity contribution in [3.05, 3.63) is 48.0 Å². The zero-order valence-corrected chi connectivity index (χ0v) is 6.46. The minimum atomic E-state index is 0.116. The summed E-state index contributed by atoms with van der Waals surface area (Å²) in [7, 11) is 0. The predicted octanol–water partition coefficient (Wildman–Crippen LogP) is 1.91. The first kappa shape index (κ1) is 8.02. The van der Waals surface area contributed by atoms with Gasteiger partial charge in [0.15, 0.2) is 0 Å². The van der Waals surface area contributed by atoms with E-state index in [4.69, 9.17) is 5.11 Å². The highest BCUT2D eigenvalue weighted by atomic mass is 16.3. The van der Waals surface area contributed by atoms with E-state index >= 15 is 0 Å². The van der Waals surface area contributed by atoms with Crippen molar-refractivity contribution in [3.63, 3.8) is 0 Å². The molecule has 0 unspecified atom stereocenters. The summed E-state index contributed by atoms with van der Waals surface area (Å²) in [6.45, 7) is 3.77. The van der Waals surface area contributed by atoms with Gasteiger partial charge >= 0.3 is 0 Å². The number of aliphatic hydroxyl groups is 1. The maximum atomic E-state index is 8.80. The zero-order valence-electron chi connectivity index (χ0n) is 6.46. The summed E-state index contributed by atoms with van der Waals surface area (Å²) in [5.74, 6) is 0. The van der Waals surface area contributed by atoms with Crippen molar-refractivity contribution in [1.82, 2.24) is 0 Å². The Morgan fingerprint density at radius 2 is 2.09 bits per heavy atom. The maximum Gasteiger partial charge on any atom is 0.0681 e. The third kappa shape index (κ3) is 2.20. The van der Waals surface area contributed by atoms with E-state index in [2.05, 4.69) is 6.58 Å². The van der Waals surface area contributed by atoms with Crippen molar-refractivity contribution in [3.8, 4) is 0 Å². The van der Waals surface area contributed by atoms with Gasteiger partial charge in [-0.1, -0.05) is 30.3 Å². The molecular weight excluding hydrogens is 136 g/mol. The molecule has 1 aromatic rings. The summed E-state index contributed by atoms with van der Waals surface area (Å²) >= 11 is 0. The number of rotatable bonds is 3. The first-order chi connectivity index (χ1) is 5.36. The molecule has 0 spiro atoms. The highest BCUT2D eigenvalue weighted by Crippen LogP contribution is 2.05. The van der Waals surface area contributed by atoms with Crippen LogP contribution in [0.1, 0.15) is 11.1 Å². The van der Waals surface area contributed by atoms with Gasteiger partial charge in [-0.2, -0.15) is 0 Å². The molecule has 0 amide bonds. The smallest absolute Gasteiger partial charge is 0.0681 e. The van der Waals surface area contributed by atoms with E-state index in [0.717, 1.165) is 12.0 Å². The summed E-state index contributed by atoms with van der Waals surface area (Å²) in [5, 5.41) is 8.80. The number of aliphatic hydroxyl groups excluding tert-OH is 1. The molecule has 1 heteroatoms. The second-order valence-electron chi connectivity index (χ2n) is 2.47. The van der Waals surface area contributed by atoms with Crippen LogP contribution in [0.5, 0.6) is 0 Å². The summed E-state index contributed by atoms with van der Waals surface area (Å²) in [6.07, 6.45) is 2.73. The third-order valence-electron chi connectivity index (χ3n) is 1.55. The Bertz CT molecular complexity index is 240. The molecule has 0 saturated carbocycles. The molecule has 1 N–H and O–H groups in total. The number of hydrogen-bond donors (Lipinski definition) is 1. The number of allylic oxidation sites excluding steroid dienone is 1. The van der Waals surface area contributed by atoms with Gasteiger partial charge in [0, 0.05) is 0 Å². The van der Waals surface area contributed by atoms with Gasteiger partial charge in [0.2, 0.25) is 0 Å². The van der Waals surface area contributed by atoms with E-state index in [-0.39, 0.29) is 6.61 Å². The minimum Gasteiger partial charge on any atom is -0.392 e. The predicted molar refractivity (Wildman–Crippen MR) is 46.3 cm³/mol. The molecule has 0 atom stereocenters. The van der Waals surface area contributed by atoms with Crippen LogP contribution in [0.15, 0.2) is 36.9 Å². The average molecular weight is 148 g/mol. The molecule has 58 valence electrons. The van der Waals surface area contributed by atoms with Gasteiger partial charge < -0.3 is 5.11 Å². The van der Waals surface area contributed by atoms with E-state index in [9.17, 15) is 0 Å². The number of hydrogen-bond acceptors (Lipinski definition) is 1. The van der Waals surface area contributed by atoms with E-state index in [0.29, 0.717) is 0 Å². The molecule has 1 nitrogen and oxygen atoms in total. The Labute approximate surface area is 67.0 Å². The van der Waals surface area contributed by atoms with Crippen molar-refractivity contribution >= 4 is 0 Å². The van der Waals surface area contributed by atoms with Gasteiger partial charge in [0.25, 0.3) is 0 Å². The second kappa shape index (κ2) is 3.94. The van der Waals surface area contributed by atoms with Crippen LogP contribution in [-0.4, -0.2) is 5.11 Å². The summed E-state index contributed by atoms with van der Waals surface area (Å²) < 4.78 is 0. The molecule has 0 aliphatic rings. The minimum absolute atomic E-state index is 0.116. The molecule has 0 bridgehead atoms. The van der Waals surface area contributed by atoms with Crippen molar-refractivity contribution in [2.75, 3.05) is 0 Å². The van der Waals surface area contributed by atoms with E-state index in [1.807, 2.05) is 30.3 Å². The Balaban J connectivity index is 2.82. The zero-order chi connectivity index (χ0) is 8.10. The molecule has 0 fully saturated rings. The van der Waals surface area contributed by atoms with E-state index in [1.165, 1.54) is 5.56 Å². The van der Waals surface area contributed by atoms with Gasteiger partial charge in [0.1, 0.15) is 0 Å². The van der Waals surface area contributed by atoms with Gasteiger partial charge in [-0.3, -0.25) is 0 Å². The molecule has 0 saturated heterocycles. The number of benzene rings is 1. The lowest BCUT2D eigenvalue weighted by Crippen LogP contribution is -1.85. The SMILES string of the molecule is C=CCc1cccc(CO)c1. The molecule has 11 heavy (non-hydrogen) atoms. The molecule has 1 rings (SSSR count). The van der Waals surface area contributed by atoms with Gasteiger partial charge in [-0.05, 0) is 17.5 Å². The van der Waals surface area contributed by atoms with Crippen LogP contribution in [0, 0.1) is 0 Å². The van der Waals surface area contributed by atoms with Crippen LogP contribution in [0.2, 0.25) is 0 Å². The Morgan fingerprint density at radius 1 is 1.36 bits per heavy atom. The van der Waals surface area contributed by atoms with Crippen LogP contribution < -0.4 is 0 Å². The molecule has 0 heterocycles. The normalized spacial score (nSPS) is 9.55.